The fourth-order valence-corrected chi connectivity index (χ4v) is 2.33. The molecule has 1 unspecified atom stereocenters. The molecule has 0 saturated carbocycles. The maximum absolute atomic E-state index is 5.62. The highest BCUT2D eigenvalue weighted by molar-refractivity contribution is 5.50. The van der Waals surface area contributed by atoms with Crippen LogP contribution in [0.3, 0.4) is 0 Å². The molecule has 4 heteroatoms. The molecule has 2 aromatic rings. The molecule has 0 spiro atoms. The molecular weight excluding hydrogens is 266 g/mol. The molecule has 0 aliphatic carbocycles. The Hall–Kier alpha value is -1.94. The first-order chi connectivity index (χ1) is 10.1. The molecule has 0 bridgehead atoms. The molecule has 0 aliphatic rings. The Morgan fingerprint density at radius 1 is 1.19 bits per heavy atom. The van der Waals surface area contributed by atoms with Crippen LogP contribution in [0.15, 0.2) is 34.7 Å². The van der Waals surface area contributed by atoms with Gasteiger partial charge in [0, 0.05) is 24.4 Å². The van der Waals surface area contributed by atoms with Crippen molar-refractivity contribution in [2.45, 2.75) is 26.8 Å². The Labute approximate surface area is 126 Å². The van der Waals surface area contributed by atoms with Crippen LogP contribution in [-0.4, -0.2) is 20.3 Å². The molecule has 1 N–H and O–H groups in total. The lowest BCUT2D eigenvalue weighted by Gasteiger charge is -2.15. The van der Waals surface area contributed by atoms with Gasteiger partial charge in [0.1, 0.15) is 23.9 Å². The number of furan rings is 1. The van der Waals surface area contributed by atoms with Crippen LogP contribution >= 0.6 is 0 Å². The predicted molar refractivity (Wildman–Crippen MR) is 84.0 cm³/mol. The van der Waals surface area contributed by atoms with E-state index in [2.05, 4.69) is 18.3 Å². The predicted octanol–water partition coefficient (Wildman–Crippen LogP) is 4.09. The molecule has 21 heavy (non-hydrogen) atoms. The zero-order valence-corrected chi connectivity index (χ0v) is 13.1. The smallest absolute Gasteiger partial charge is 0.121 e. The molecule has 2 rings (SSSR count). The average molecular weight is 289 g/mol. The van der Waals surface area contributed by atoms with E-state index >= 15 is 0 Å². The minimum atomic E-state index is 0.177. The lowest BCUT2D eigenvalue weighted by molar-refractivity contribution is 0.146. The van der Waals surface area contributed by atoms with Crippen molar-refractivity contribution >= 4 is 5.69 Å². The number of methoxy groups -OCH3 is 1. The van der Waals surface area contributed by atoms with Gasteiger partial charge in [-0.05, 0) is 39.0 Å². The first kappa shape index (κ1) is 15.4. The molecule has 0 saturated heterocycles. The third-order valence-electron chi connectivity index (χ3n) is 3.32. The van der Waals surface area contributed by atoms with Gasteiger partial charge >= 0.3 is 0 Å². The van der Waals surface area contributed by atoms with Crippen molar-refractivity contribution in [3.05, 3.63) is 47.4 Å². The quantitative estimate of drug-likeness (QED) is 0.779. The summed E-state index contributed by atoms with van der Waals surface area (Å²) in [5.74, 6) is 2.73. The van der Waals surface area contributed by atoms with Crippen molar-refractivity contribution in [1.82, 2.24) is 0 Å². The van der Waals surface area contributed by atoms with Crippen molar-refractivity contribution < 1.29 is 13.9 Å². The Morgan fingerprint density at radius 3 is 2.67 bits per heavy atom. The number of aryl methyl sites for hydroxylation is 2. The van der Waals surface area contributed by atoms with Gasteiger partial charge in [-0.1, -0.05) is 6.07 Å². The van der Waals surface area contributed by atoms with Crippen LogP contribution in [-0.2, 0) is 4.74 Å². The topological polar surface area (TPSA) is 43.6 Å². The van der Waals surface area contributed by atoms with Gasteiger partial charge in [-0.3, -0.25) is 0 Å². The number of anilines is 1. The summed E-state index contributed by atoms with van der Waals surface area (Å²) in [6.45, 7) is 7.21. The lowest BCUT2D eigenvalue weighted by atomic mass is 10.1. The van der Waals surface area contributed by atoms with Gasteiger partial charge < -0.3 is 19.2 Å². The van der Waals surface area contributed by atoms with E-state index in [9.17, 15) is 0 Å². The zero-order valence-electron chi connectivity index (χ0n) is 13.1. The van der Waals surface area contributed by atoms with E-state index in [0.29, 0.717) is 13.2 Å². The summed E-state index contributed by atoms with van der Waals surface area (Å²) in [7, 11) is 1.66. The highest BCUT2D eigenvalue weighted by Gasteiger charge is 2.12. The van der Waals surface area contributed by atoms with Gasteiger partial charge in [-0.15, -0.1) is 0 Å². The van der Waals surface area contributed by atoms with Gasteiger partial charge in [0.25, 0.3) is 0 Å². The van der Waals surface area contributed by atoms with Gasteiger partial charge in [0.05, 0.1) is 12.6 Å². The molecule has 1 aromatic carbocycles. The van der Waals surface area contributed by atoms with Gasteiger partial charge in [0.15, 0.2) is 0 Å². The summed E-state index contributed by atoms with van der Waals surface area (Å²) in [5.41, 5.74) is 2.20. The van der Waals surface area contributed by atoms with Crippen LogP contribution in [0.1, 0.15) is 30.0 Å². The average Bonchev–Trinajstić information content (AvgIpc) is 2.78. The minimum Gasteiger partial charge on any atom is -0.491 e. The van der Waals surface area contributed by atoms with Crippen molar-refractivity contribution in [3.63, 3.8) is 0 Å². The van der Waals surface area contributed by atoms with E-state index in [1.165, 1.54) is 5.56 Å². The van der Waals surface area contributed by atoms with E-state index in [0.717, 1.165) is 23.0 Å². The van der Waals surface area contributed by atoms with Crippen LogP contribution < -0.4 is 10.1 Å². The molecule has 0 amide bonds. The largest absolute Gasteiger partial charge is 0.491 e. The molecule has 1 atom stereocenters. The second-order valence-electron chi connectivity index (χ2n) is 5.10. The van der Waals surface area contributed by atoms with E-state index in [-0.39, 0.29) is 6.04 Å². The van der Waals surface area contributed by atoms with Gasteiger partial charge in [0.2, 0.25) is 0 Å². The SMILES string of the molecule is COCCOc1cccc(NC(C)c2cc(C)oc2C)c1. The summed E-state index contributed by atoms with van der Waals surface area (Å²) in [5, 5.41) is 3.47. The Kier molecular flexibility index (Phi) is 5.28. The molecule has 0 aliphatic heterocycles. The number of hydrogen-bond donors (Lipinski definition) is 1. The van der Waals surface area contributed by atoms with Crippen LogP contribution in [0.2, 0.25) is 0 Å². The summed E-state index contributed by atoms with van der Waals surface area (Å²) in [4.78, 5) is 0. The summed E-state index contributed by atoms with van der Waals surface area (Å²) in [6.07, 6.45) is 0. The summed E-state index contributed by atoms with van der Waals surface area (Å²) in [6, 6.07) is 10.2. The third kappa shape index (κ3) is 4.26. The van der Waals surface area contributed by atoms with E-state index in [1.54, 1.807) is 7.11 Å². The van der Waals surface area contributed by atoms with Crippen LogP contribution in [0.4, 0.5) is 5.69 Å². The van der Waals surface area contributed by atoms with E-state index < -0.39 is 0 Å². The number of hydrogen-bond acceptors (Lipinski definition) is 4. The van der Waals surface area contributed by atoms with Crippen LogP contribution in [0, 0.1) is 13.8 Å². The second-order valence-corrected chi connectivity index (χ2v) is 5.10. The molecule has 0 fully saturated rings. The van der Waals surface area contributed by atoms with Crippen molar-refractivity contribution in [2.75, 3.05) is 25.6 Å². The van der Waals surface area contributed by atoms with Crippen LogP contribution in [0.25, 0.3) is 0 Å². The van der Waals surface area contributed by atoms with E-state index in [1.807, 2.05) is 38.1 Å². The lowest BCUT2D eigenvalue weighted by Crippen LogP contribution is -2.08. The summed E-state index contributed by atoms with van der Waals surface area (Å²) < 4.78 is 16.2. The number of ether oxygens (including phenoxy) is 2. The highest BCUT2D eigenvalue weighted by Crippen LogP contribution is 2.26. The van der Waals surface area contributed by atoms with Crippen molar-refractivity contribution in [3.8, 4) is 5.75 Å². The number of rotatable bonds is 7. The molecule has 1 heterocycles. The normalized spacial score (nSPS) is 12.2. The molecular formula is C17H23NO3. The third-order valence-corrected chi connectivity index (χ3v) is 3.32. The maximum atomic E-state index is 5.62. The minimum absolute atomic E-state index is 0.177. The van der Waals surface area contributed by atoms with Gasteiger partial charge in [-0.2, -0.15) is 0 Å². The molecule has 114 valence electrons. The molecule has 0 radical (unpaired) electrons. The first-order valence-corrected chi connectivity index (χ1v) is 7.15. The number of nitrogens with one attached hydrogen (secondary N) is 1. The van der Waals surface area contributed by atoms with Crippen molar-refractivity contribution in [1.29, 1.82) is 0 Å². The van der Waals surface area contributed by atoms with Crippen molar-refractivity contribution in [2.24, 2.45) is 0 Å². The standard InChI is InChI=1S/C17H23NO3/c1-12-10-17(14(3)21-12)13(2)18-15-6-5-7-16(11-15)20-9-8-19-4/h5-7,10-11,13,18H,8-9H2,1-4H3. The molecule has 4 nitrogen and oxygen atoms in total. The zero-order chi connectivity index (χ0) is 15.2. The monoisotopic (exact) mass is 289 g/mol. The molecule has 1 aromatic heterocycles. The Morgan fingerprint density at radius 2 is 2.00 bits per heavy atom. The fraction of sp³-hybridized carbons (Fsp3) is 0.412. The number of benzene rings is 1. The first-order valence-electron chi connectivity index (χ1n) is 7.15. The van der Waals surface area contributed by atoms with Crippen LogP contribution in [0.5, 0.6) is 5.75 Å². The maximum Gasteiger partial charge on any atom is 0.121 e. The Bertz CT molecular complexity index is 577. The van der Waals surface area contributed by atoms with Gasteiger partial charge in [-0.25, -0.2) is 0 Å². The van der Waals surface area contributed by atoms with E-state index in [4.69, 9.17) is 13.9 Å². The Balaban J connectivity index is 2.02. The summed E-state index contributed by atoms with van der Waals surface area (Å²) >= 11 is 0. The fourth-order valence-electron chi connectivity index (χ4n) is 2.33. The second kappa shape index (κ2) is 7.18. The highest BCUT2D eigenvalue weighted by atomic mass is 16.5.